The number of hydrogen-bond acceptors (Lipinski definition) is 3. The van der Waals surface area contributed by atoms with E-state index in [9.17, 15) is 8.78 Å². The van der Waals surface area contributed by atoms with Crippen molar-refractivity contribution in [3.8, 4) is 6.07 Å². The summed E-state index contributed by atoms with van der Waals surface area (Å²) in [6, 6.07) is 14.9. The zero-order valence-electron chi connectivity index (χ0n) is 11.0. The zero-order valence-corrected chi connectivity index (χ0v) is 11.0. The van der Waals surface area contributed by atoms with Crippen LogP contribution < -0.4 is 0 Å². The molecule has 21 heavy (non-hydrogen) atoms. The van der Waals surface area contributed by atoms with Crippen LogP contribution in [-0.4, -0.2) is 6.21 Å². The molecule has 0 fully saturated rings. The lowest BCUT2D eigenvalue weighted by Crippen LogP contribution is -1.96. The van der Waals surface area contributed by atoms with Gasteiger partial charge < -0.3 is 4.84 Å². The van der Waals surface area contributed by atoms with Crippen molar-refractivity contribution in [2.75, 3.05) is 0 Å². The Morgan fingerprint density at radius 3 is 2.43 bits per heavy atom. The molecule has 0 aliphatic carbocycles. The first-order valence-corrected chi connectivity index (χ1v) is 6.15. The van der Waals surface area contributed by atoms with Crippen molar-refractivity contribution in [2.45, 2.75) is 13.0 Å². The maximum Gasteiger partial charge on any atom is 0.264 e. The Hall–Kier alpha value is -2.74. The summed E-state index contributed by atoms with van der Waals surface area (Å²) in [5, 5.41) is 12.5. The minimum atomic E-state index is -2.56. The van der Waals surface area contributed by atoms with E-state index in [2.05, 4.69) is 11.4 Å². The molecule has 3 nitrogen and oxygen atoms in total. The topological polar surface area (TPSA) is 45.4 Å². The normalized spacial score (nSPS) is 10.8. The maximum atomic E-state index is 12.8. The molecular weight excluding hydrogens is 274 g/mol. The molecule has 0 saturated heterocycles. The van der Waals surface area contributed by atoms with Crippen LogP contribution in [0.5, 0.6) is 0 Å². The molecule has 0 aromatic heterocycles. The molecule has 0 aliphatic heterocycles. The molecule has 2 rings (SSSR count). The summed E-state index contributed by atoms with van der Waals surface area (Å²) in [5.41, 5.74) is 1.19. The minimum absolute atomic E-state index is 0.0786. The zero-order chi connectivity index (χ0) is 15.1. The fourth-order valence-corrected chi connectivity index (χ4v) is 1.74. The second kappa shape index (κ2) is 7.15. The van der Waals surface area contributed by atoms with Crippen LogP contribution in [0.2, 0.25) is 0 Å². The number of halogens is 2. The summed E-state index contributed by atoms with van der Waals surface area (Å²) in [6.45, 7) is -0.0811. The molecule has 1 radical (unpaired) electrons. The predicted octanol–water partition coefficient (Wildman–Crippen LogP) is 3.92. The first-order valence-electron chi connectivity index (χ1n) is 6.15. The second-order valence-corrected chi connectivity index (χ2v) is 4.13. The smallest absolute Gasteiger partial charge is 0.264 e. The quantitative estimate of drug-likeness (QED) is 0.617. The Labute approximate surface area is 121 Å². The fourth-order valence-electron chi connectivity index (χ4n) is 1.74. The summed E-state index contributed by atoms with van der Waals surface area (Å²) in [4.78, 5) is 4.99. The van der Waals surface area contributed by atoms with Crippen LogP contribution in [0.4, 0.5) is 8.78 Å². The van der Waals surface area contributed by atoms with Crippen LogP contribution in [0.15, 0.2) is 53.7 Å². The Bertz CT molecular complexity index is 678. The molecule has 0 aliphatic rings. The number of rotatable bonds is 5. The van der Waals surface area contributed by atoms with Crippen LogP contribution in [0.1, 0.15) is 28.7 Å². The molecule has 0 saturated carbocycles. The lowest BCUT2D eigenvalue weighted by molar-refractivity contribution is 0.120. The number of hydrogen-bond donors (Lipinski definition) is 0. The van der Waals surface area contributed by atoms with E-state index >= 15 is 0 Å². The average molecular weight is 285 g/mol. The molecule has 105 valence electrons. The van der Waals surface area contributed by atoms with E-state index in [4.69, 9.17) is 10.1 Å². The van der Waals surface area contributed by atoms with Gasteiger partial charge in [0.1, 0.15) is 12.8 Å². The van der Waals surface area contributed by atoms with Crippen LogP contribution in [-0.2, 0) is 11.4 Å². The third kappa shape index (κ3) is 3.86. The highest BCUT2D eigenvalue weighted by atomic mass is 19.3. The second-order valence-electron chi connectivity index (χ2n) is 4.13. The van der Waals surface area contributed by atoms with Gasteiger partial charge in [-0.05, 0) is 6.07 Å². The fraction of sp³-hybridized carbons (Fsp3) is 0.125. The van der Waals surface area contributed by atoms with Crippen LogP contribution in [0.3, 0.4) is 0 Å². The van der Waals surface area contributed by atoms with E-state index in [1.807, 2.05) is 6.07 Å². The SMILES string of the molecule is N#Cc1ccccc1/[C]=N\OCc1ccccc1C(F)F. The Balaban J connectivity index is 2.02. The molecule has 0 heterocycles. The summed E-state index contributed by atoms with van der Waals surface area (Å²) in [7, 11) is 0. The lowest BCUT2D eigenvalue weighted by Gasteiger charge is -2.06. The van der Waals surface area contributed by atoms with Gasteiger partial charge in [0, 0.05) is 16.7 Å². The van der Waals surface area contributed by atoms with Crippen molar-refractivity contribution in [2.24, 2.45) is 5.16 Å². The van der Waals surface area contributed by atoms with E-state index in [1.54, 1.807) is 42.5 Å². The minimum Gasteiger partial charge on any atom is -0.390 e. The number of nitriles is 1. The highest BCUT2D eigenvalue weighted by molar-refractivity contribution is 5.82. The molecule has 0 unspecified atom stereocenters. The summed E-state index contributed by atoms with van der Waals surface area (Å²) >= 11 is 0. The third-order valence-electron chi connectivity index (χ3n) is 2.79. The highest BCUT2D eigenvalue weighted by Gasteiger charge is 2.11. The van der Waals surface area contributed by atoms with Gasteiger partial charge in [-0.25, -0.2) is 8.78 Å². The highest BCUT2D eigenvalue weighted by Crippen LogP contribution is 2.23. The van der Waals surface area contributed by atoms with Crippen molar-refractivity contribution < 1.29 is 13.6 Å². The monoisotopic (exact) mass is 285 g/mol. The molecule has 0 bridgehead atoms. The summed E-state index contributed by atoms with van der Waals surface area (Å²) in [5.74, 6) is 0. The van der Waals surface area contributed by atoms with Gasteiger partial charge in [0.05, 0.1) is 11.6 Å². The molecule has 0 N–H and O–H groups in total. The van der Waals surface area contributed by atoms with Crippen molar-refractivity contribution >= 4 is 6.21 Å². The third-order valence-corrected chi connectivity index (χ3v) is 2.79. The van der Waals surface area contributed by atoms with Gasteiger partial charge in [-0.1, -0.05) is 47.6 Å². The van der Waals surface area contributed by atoms with Crippen LogP contribution in [0, 0.1) is 11.3 Å². The summed E-state index contributed by atoms with van der Waals surface area (Å²) in [6.07, 6.45) is 0.0176. The van der Waals surface area contributed by atoms with Gasteiger partial charge in [-0.2, -0.15) is 5.26 Å². The molecule has 0 atom stereocenters. The molecule has 2 aromatic rings. The van der Waals surface area contributed by atoms with Gasteiger partial charge in [0.2, 0.25) is 0 Å². The number of nitrogens with zero attached hydrogens (tertiary/aromatic N) is 2. The summed E-state index contributed by atoms with van der Waals surface area (Å²) < 4.78 is 25.5. The first kappa shape index (κ1) is 14.7. The maximum absolute atomic E-state index is 12.8. The number of alkyl halides is 2. The molecule has 0 spiro atoms. The Morgan fingerprint density at radius 2 is 1.71 bits per heavy atom. The Kier molecular flexibility index (Phi) is 4.99. The molecular formula is C16H11F2N2O. The molecule has 5 heteroatoms. The largest absolute Gasteiger partial charge is 0.390 e. The van der Waals surface area contributed by atoms with E-state index in [0.717, 1.165) is 0 Å². The van der Waals surface area contributed by atoms with Crippen molar-refractivity contribution in [3.05, 3.63) is 70.8 Å². The molecule has 0 amide bonds. The number of benzene rings is 2. The van der Waals surface area contributed by atoms with Gasteiger partial charge in [0.25, 0.3) is 6.43 Å². The molecule has 2 aromatic carbocycles. The van der Waals surface area contributed by atoms with Gasteiger partial charge in [0.15, 0.2) is 0 Å². The van der Waals surface area contributed by atoms with E-state index in [0.29, 0.717) is 16.7 Å². The van der Waals surface area contributed by atoms with E-state index in [-0.39, 0.29) is 12.2 Å². The van der Waals surface area contributed by atoms with Crippen molar-refractivity contribution in [3.63, 3.8) is 0 Å². The van der Waals surface area contributed by atoms with Gasteiger partial charge >= 0.3 is 0 Å². The van der Waals surface area contributed by atoms with E-state index in [1.165, 1.54) is 6.07 Å². The van der Waals surface area contributed by atoms with Crippen molar-refractivity contribution in [1.82, 2.24) is 0 Å². The average Bonchev–Trinajstić information content (AvgIpc) is 2.52. The van der Waals surface area contributed by atoms with E-state index < -0.39 is 6.43 Å². The Morgan fingerprint density at radius 1 is 1.05 bits per heavy atom. The first-order chi connectivity index (χ1) is 10.2. The van der Waals surface area contributed by atoms with Crippen molar-refractivity contribution in [1.29, 1.82) is 5.26 Å². The van der Waals surface area contributed by atoms with Crippen LogP contribution >= 0.6 is 0 Å². The predicted molar refractivity (Wildman–Crippen MR) is 73.9 cm³/mol. The lowest BCUT2D eigenvalue weighted by atomic mass is 10.1. The van der Waals surface area contributed by atoms with Crippen LogP contribution in [0.25, 0.3) is 0 Å². The van der Waals surface area contributed by atoms with Gasteiger partial charge in [-0.3, -0.25) is 0 Å². The van der Waals surface area contributed by atoms with Gasteiger partial charge in [-0.15, -0.1) is 0 Å². The standard InChI is InChI=1S/C16H11F2N2O/c17-16(18)15-8-4-3-7-14(15)11-21-20-10-13-6-2-1-5-12(13)9-19/h1-8,16H,11H2.